The molecular weight excluding hydrogens is 258 g/mol. The third-order valence-corrected chi connectivity index (χ3v) is 3.51. The Morgan fingerprint density at radius 3 is 2.70 bits per heavy atom. The van der Waals surface area contributed by atoms with Gasteiger partial charge in [0, 0.05) is 13.1 Å². The van der Waals surface area contributed by atoms with Gasteiger partial charge in [-0.05, 0) is 31.9 Å². The molecule has 5 nitrogen and oxygen atoms in total. The van der Waals surface area contributed by atoms with Crippen LogP contribution in [0.25, 0.3) is 0 Å². The summed E-state index contributed by atoms with van der Waals surface area (Å²) in [5.74, 6) is -0.790. The molecule has 20 heavy (non-hydrogen) atoms. The first-order valence-electron chi connectivity index (χ1n) is 6.76. The van der Waals surface area contributed by atoms with Crippen molar-refractivity contribution in [3.8, 4) is 5.75 Å². The second-order valence-corrected chi connectivity index (χ2v) is 5.12. The first-order valence-corrected chi connectivity index (χ1v) is 6.76. The molecule has 0 radical (unpaired) electrons. The van der Waals surface area contributed by atoms with Crippen molar-refractivity contribution >= 4 is 11.9 Å². The third-order valence-electron chi connectivity index (χ3n) is 3.51. The molecule has 1 N–H and O–H groups in total. The number of ether oxygens (including phenoxy) is 1. The van der Waals surface area contributed by atoms with Crippen LogP contribution in [0.1, 0.15) is 18.4 Å². The number of hydrogen-bond donors (Lipinski definition) is 1. The molecule has 0 unspecified atom stereocenters. The molecule has 2 rings (SSSR count). The molecule has 1 heterocycles. The third kappa shape index (κ3) is 3.73. The van der Waals surface area contributed by atoms with Crippen molar-refractivity contribution in [1.82, 2.24) is 4.90 Å². The number of nitrogens with zero attached hydrogens (tertiary/aromatic N) is 1. The maximum absolute atomic E-state index is 12.0. The molecule has 1 atom stereocenters. The van der Waals surface area contributed by atoms with Gasteiger partial charge in [-0.25, -0.2) is 0 Å². The van der Waals surface area contributed by atoms with E-state index in [0.29, 0.717) is 18.7 Å². The predicted molar refractivity (Wildman–Crippen MR) is 73.6 cm³/mol. The van der Waals surface area contributed by atoms with E-state index in [2.05, 4.69) is 0 Å². The Labute approximate surface area is 118 Å². The van der Waals surface area contributed by atoms with Gasteiger partial charge in [-0.2, -0.15) is 0 Å². The van der Waals surface area contributed by atoms with Crippen LogP contribution in [0, 0.1) is 12.8 Å². The fraction of sp³-hybridized carbons (Fsp3) is 0.467. The lowest BCUT2D eigenvalue weighted by Crippen LogP contribution is -2.44. The van der Waals surface area contributed by atoms with Crippen molar-refractivity contribution in [3.63, 3.8) is 0 Å². The molecule has 0 spiro atoms. The number of carboxylic acids is 1. The first-order chi connectivity index (χ1) is 9.56. The van der Waals surface area contributed by atoms with Crippen molar-refractivity contribution in [2.75, 3.05) is 19.7 Å². The Morgan fingerprint density at radius 1 is 1.35 bits per heavy atom. The minimum Gasteiger partial charge on any atom is -0.484 e. The van der Waals surface area contributed by atoms with Crippen molar-refractivity contribution in [2.45, 2.75) is 19.8 Å². The van der Waals surface area contributed by atoms with E-state index in [4.69, 9.17) is 9.84 Å². The lowest BCUT2D eigenvalue weighted by atomic mass is 9.98. The number of aryl methyl sites for hydroxylation is 1. The van der Waals surface area contributed by atoms with Crippen molar-refractivity contribution in [3.05, 3.63) is 29.8 Å². The minimum absolute atomic E-state index is 0.0462. The summed E-state index contributed by atoms with van der Waals surface area (Å²) >= 11 is 0. The quantitative estimate of drug-likeness (QED) is 0.909. The Kier molecular flexibility index (Phi) is 4.61. The number of rotatable bonds is 4. The molecule has 1 aromatic rings. The number of hydrogen-bond acceptors (Lipinski definition) is 3. The van der Waals surface area contributed by atoms with Crippen LogP contribution in [0.4, 0.5) is 0 Å². The van der Waals surface area contributed by atoms with Gasteiger partial charge in [-0.3, -0.25) is 9.59 Å². The molecule has 1 saturated heterocycles. The topological polar surface area (TPSA) is 66.8 Å². The van der Waals surface area contributed by atoms with Crippen LogP contribution >= 0.6 is 0 Å². The van der Waals surface area contributed by atoms with Gasteiger partial charge in [0.1, 0.15) is 5.75 Å². The first kappa shape index (κ1) is 14.4. The van der Waals surface area contributed by atoms with Gasteiger partial charge in [-0.15, -0.1) is 0 Å². The van der Waals surface area contributed by atoms with Crippen LogP contribution in [-0.4, -0.2) is 41.6 Å². The summed E-state index contributed by atoms with van der Waals surface area (Å²) in [5.41, 5.74) is 1.13. The summed E-state index contributed by atoms with van der Waals surface area (Å²) < 4.78 is 5.43. The van der Waals surface area contributed by atoms with E-state index in [1.54, 1.807) is 4.90 Å². The van der Waals surface area contributed by atoms with E-state index in [1.165, 1.54) is 0 Å². The monoisotopic (exact) mass is 277 g/mol. The zero-order valence-corrected chi connectivity index (χ0v) is 11.5. The zero-order chi connectivity index (χ0) is 14.5. The molecule has 1 aromatic carbocycles. The number of benzene rings is 1. The van der Waals surface area contributed by atoms with E-state index >= 15 is 0 Å². The Bertz CT molecular complexity index is 483. The van der Waals surface area contributed by atoms with Crippen LogP contribution in [0.3, 0.4) is 0 Å². The summed E-state index contributed by atoms with van der Waals surface area (Å²) in [7, 11) is 0. The molecule has 1 amide bonds. The van der Waals surface area contributed by atoms with E-state index in [0.717, 1.165) is 12.0 Å². The smallest absolute Gasteiger partial charge is 0.308 e. The lowest BCUT2D eigenvalue weighted by Gasteiger charge is -2.30. The van der Waals surface area contributed by atoms with E-state index < -0.39 is 11.9 Å². The second-order valence-electron chi connectivity index (χ2n) is 5.12. The molecule has 108 valence electrons. The van der Waals surface area contributed by atoms with Crippen LogP contribution in [0.5, 0.6) is 5.75 Å². The highest BCUT2D eigenvalue weighted by molar-refractivity contribution is 5.79. The molecule has 5 heteroatoms. The number of carbonyl (C=O) groups excluding carboxylic acids is 1. The van der Waals surface area contributed by atoms with Crippen LogP contribution < -0.4 is 4.74 Å². The number of carbonyl (C=O) groups is 2. The number of carboxylic acid groups (broad SMARTS) is 1. The van der Waals surface area contributed by atoms with E-state index in [1.807, 2.05) is 31.2 Å². The average molecular weight is 277 g/mol. The fourth-order valence-electron chi connectivity index (χ4n) is 2.28. The van der Waals surface area contributed by atoms with Gasteiger partial charge in [-0.1, -0.05) is 17.7 Å². The van der Waals surface area contributed by atoms with Gasteiger partial charge in [0.05, 0.1) is 5.92 Å². The Hall–Kier alpha value is -2.04. The summed E-state index contributed by atoms with van der Waals surface area (Å²) in [4.78, 5) is 24.6. The lowest BCUT2D eigenvalue weighted by molar-refractivity contribution is -0.146. The van der Waals surface area contributed by atoms with Crippen molar-refractivity contribution in [2.24, 2.45) is 5.92 Å². The Morgan fingerprint density at radius 2 is 2.05 bits per heavy atom. The normalized spacial score (nSPS) is 18.6. The summed E-state index contributed by atoms with van der Waals surface area (Å²) in [6.45, 7) is 2.83. The molecule has 1 aliphatic rings. The second kappa shape index (κ2) is 6.41. The number of likely N-dealkylation sites (tertiary alicyclic amines) is 1. The zero-order valence-electron chi connectivity index (χ0n) is 11.5. The molecule has 1 fully saturated rings. The summed E-state index contributed by atoms with van der Waals surface area (Å²) in [6, 6.07) is 7.47. The number of amides is 1. The molecule has 0 aliphatic carbocycles. The molecule has 0 saturated carbocycles. The van der Waals surface area contributed by atoms with Gasteiger partial charge in [0.15, 0.2) is 6.61 Å². The average Bonchev–Trinajstić information content (AvgIpc) is 2.46. The van der Waals surface area contributed by atoms with E-state index in [9.17, 15) is 9.59 Å². The van der Waals surface area contributed by atoms with Crippen LogP contribution in [-0.2, 0) is 9.59 Å². The Balaban J connectivity index is 1.85. The standard InChI is InChI=1S/C15H19NO4/c1-11-4-6-13(7-5-11)20-10-14(17)16-8-2-3-12(9-16)15(18)19/h4-7,12H,2-3,8-10H2,1H3,(H,18,19)/t12-/m0/s1. The minimum atomic E-state index is -0.832. The molecule has 0 bridgehead atoms. The molecule has 0 aromatic heterocycles. The highest BCUT2D eigenvalue weighted by Crippen LogP contribution is 2.17. The summed E-state index contributed by atoms with van der Waals surface area (Å²) in [5, 5.41) is 9.00. The summed E-state index contributed by atoms with van der Waals surface area (Å²) in [6.07, 6.45) is 1.37. The predicted octanol–water partition coefficient (Wildman–Crippen LogP) is 1.70. The van der Waals surface area contributed by atoms with Crippen LogP contribution in [0.15, 0.2) is 24.3 Å². The number of piperidine rings is 1. The van der Waals surface area contributed by atoms with Crippen molar-refractivity contribution < 1.29 is 19.4 Å². The highest BCUT2D eigenvalue weighted by atomic mass is 16.5. The van der Waals surface area contributed by atoms with Gasteiger partial charge in [0.25, 0.3) is 5.91 Å². The van der Waals surface area contributed by atoms with Crippen LogP contribution in [0.2, 0.25) is 0 Å². The van der Waals surface area contributed by atoms with Gasteiger partial charge in [0.2, 0.25) is 0 Å². The highest BCUT2D eigenvalue weighted by Gasteiger charge is 2.28. The molecular formula is C15H19NO4. The van der Waals surface area contributed by atoms with Gasteiger partial charge >= 0.3 is 5.97 Å². The van der Waals surface area contributed by atoms with Gasteiger partial charge < -0.3 is 14.7 Å². The van der Waals surface area contributed by atoms with Crippen molar-refractivity contribution in [1.29, 1.82) is 0 Å². The fourth-order valence-corrected chi connectivity index (χ4v) is 2.28. The maximum atomic E-state index is 12.0. The number of aliphatic carboxylic acids is 1. The van der Waals surface area contributed by atoms with E-state index in [-0.39, 0.29) is 19.1 Å². The maximum Gasteiger partial charge on any atom is 0.308 e. The molecule has 1 aliphatic heterocycles. The SMILES string of the molecule is Cc1ccc(OCC(=O)N2CCC[C@H](C(=O)O)C2)cc1. The largest absolute Gasteiger partial charge is 0.484 e.